The predicted molar refractivity (Wildman–Crippen MR) is 69.9 cm³/mol. The van der Waals surface area contributed by atoms with Crippen molar-refractivity contribution in [2.24, 2.45) is 0 Å². The fourth-order valence-electron chi connectivity index (χ4n) is 1.51. The van der Waals surface area contributed by atoms with Crippen molar-refractivity contribution in [3.05, 3.63) is 23.9 Å². The van der Waals surface area contributed by atoms with Crippen molar-refractivity contribution in [1.82, 2.24) is 9.88 Å². The van der Waals surface area contributed by atoms with Crippen LogP contribution in [0.1, 0.15) is 25.3 Å². The lowest BCUT2D eigenvalue weighted by Crippen LogP contribution is -2.19. The average molecular weight is 221 g/mol. The molecule has 0 saturated heterocycles. The molecule has 1 N–H and O–H groups in total. The van der Waals surface area contributed by atoms with E-state index in [1.165, 1.54) is 24.9 Å². The monoisotopic (exact) mass is 221 g/mol. The second-order valence-corrected chi connectivity index (χ2v) is 4.25. The van der Waals surface area contributed by atoms with Gasteiger partial charge in [0.1, 0.15) is 5.82 Å². The van der Waals surface area contributed by atoms with Gasteiger partial charge in [0.05, 0.1) is 0 Å². The quantitative estimate of drug-likeness (QED) is 0.717. The van der Waals surface area contributed by atoms with Crippen LogP contribution in [0.3, 0.4) is 0 Å². The highest BCUT2D eigenvalue weighted by atomic mass is 15.1. The van der Waals surface area contributed by atoms with Crippen molar-refractivity contribution in [3.63, 3.8) is 0 Å². The number of nitrogens with zero attached hydrogens (tertiary/aromatic N) is 2. The summed E-state index contributed by atoms with van der Waals surface area (Å²) in [4.78, 5) is 6.61. The lowest BCUT2D eigenvalue weighted by Gasteiger charge is -2.13. The molecular formula is C13H23N3. The SMILES string of the molecule is CCN(C)CCCCNc1cc(C)ccn1. The molecule has 0 saturated carbocycles. The number of hydrogen-bond acceptors (Lipinski definition) is 3. The molecule has 90 valence electrons. The lowest BCUT2D eigenvalue weighted by molar-refractivity contribution is 0.345. The van der Waals surface area contributed by atoms with Crippen molar-refractivity contribution in [1.29, 1.82) is 0 Å². The third-order valence-electron chi connectivity index (χ3n) is 2.73. The Labute approximate surface area is 98.9 Å². The van der Waals surface area contributed by atoms with Crippen molar-refractivity contribution < 1.29 is 0 Å². The van der Waals surface area contributed by atoms with E-state index in [1.807, 2.05) is 12.3 Å². The van der Waals surface area contributed by atoms with Gasteiger partial charge in [-0.25, -0.2) is 4.98 Å². The van der Waals surface area contributed by atoms with Gasteiger partial charge in [0, 0.05) is 12.7 Å². The maximum Gasteiger partial charge on any atom is 0.126 e. The van der Waals surface area contributed by atoms with Crippen LogP contribution in [0.15, 0.2) is 18.3 Å². The van der Waals surface area contributed by atoms with Crippen molar-refractivity contribution >= 4 is 5.82 Å². The van der Waals surface area contributed by atoms with E-state index in [9.17, 15) is 0 Å². The zero-order valence-corrected chi connectivity index (χ0v) is 10.7. The molecule has 0 aromatic carbocycles. The Morgan fingerprint density at radius 3 is 2.88 bits per heavy atom. The van der Waals surface area contributed by atoms with Crippen LogP contribution >= 0.6 is 0 Å². The minimum Gasteiger partial charge on any atom is -0.370 e. The molecule has 0 aliphatic heterocycles. The van der Waals surface area contributed by atoms with Gasteiger partial charge in [0.15, 0.2) is 0 Å². The fraction of sp³-hybridized carbons (Fsp3) is 0.615. The van der Waals surface area contributed by atoms with Crippen molar-refractivity contribution in [2.75, 3.05) is 32.0 Å². The minimum absolute atomic E-state index is 0.990. The van der Waals surface area contributed by atoms with Gasteiger partial charge in [-0.2, -0.15) is 0 Å². The first kappa shape index (κ1) is 13.0. The Morgan fingerprint density at radius 2 is 2.19 bits per heavy atom. The summed E-state index contributed by atoms with van der Waals surface area (Å²) >= 11 is 0. The van der Waals surface area contributed by atoms with Crippen LogP contribution < -0.4 is 5.32 Å². The molecule has 1 heterocycles. The Morgan fingerprint density at radius 1 is 1.38 bits per heavy atom. The molecule has 0 aliphatic rings. The first-order valence-electron chi connectivity index (χ1n) is 6.07. The van der Waals surface area contributed by atoms with Gasteiger partial charge >= 0.3 is 0 Å². The van der Waals surface area contributed by atoms with Gasteiger partial charge in [0.2, 0.25) is 0 Å². The number of nitrogens with one attached hydrogen (secondary N) is 1. The number of anilines is 1. The molecule has 0 bridgehead atoms. The summed E-state index contributed by atoms with van der Waals surface area (Å²) in [6.45, 7) is 7.60. The lowest BCUT2D eigenvalue weighted by atomic mass is 10.2. The fourth-order valence-corrected chi connectivity index (χ4v) is 1.51. The summed E-state index contributed by atoms with van der Waals surface area (Å²) in [7, 11) is 2.16. The van der Waals surface area contributed by atoms with Crippen LogP contribution in [0.5, 0.6) is 0 Å². The van der Waals surface area contributed by atoms with Crippen molar-refractivity contribution in [2.45, 2.75) is 26.7 Å². The molecule has 1 aromatic heterocycles. The number of aromatic nitrogens is 1. The second kappa shape index (κ2) is 7.23. The Hall–Kier alpha value is -1.09. The maximum atomic E-state index is 4.27. The van der Waals surface area contributed by atoms with Gasteiger partial charge < -0.3 is 10.2 Å². The summed E-state index contributed by atoms with van der Waals surface area (Å²) in [6, 6.07) is 4.10. The zero-order chi connectivity index (χ0) is 11.8. The summed E-state index contributed by atoms with van der Waals surface area (Å²) in [5, 5.41) is 3.35. The van der Waals surface area contributed by atoms with Gasteiger partial charge in [-0.3, -0.25) is 0 Å². The number of pyridine rings is 1. The van der Waals surface area contributed by atoms with Gasteiger partial charge in [-0.1, -0.05) is 6.92 Å². The molecule has 0 fully saturated rings. The van der Waals surface area contributed by atoms with Crippen LogP contribution in [-0.4, -0.2) is 36.6 Å². The molecule has 16 heavy (non-hydrogen) atoms. The Balaban J connectivity index is 2.12. The molecule has 0 amide bonds. The van der Waals surface area contributed by atoms with Gasteiger partial charge in [0.25, 0.3) is 0 Å². The van der Waals surface area contributed by atoms with E-state index in [4.69, 9.17) is 0 Å². The molecule has 1 rings (SSSR count). The van der Waals surface area contributed by atoms with E-state index in [0.717, 1.165) is 18.9 Å². The summed E-state index contributed by atoms with van der Waals surface area (Å²) < 4.78 is 0. The van der Waals surface area contributed by atoms with Crippen LogP contribution in [0.25, 0.3) is 0 Å². The van der Waals surface area contributed by atoms with Gasteiger partial charge in [-0.05, 0) is 57.6 Å². The van der Waals surface area contributed by atoms with Crippen LogP contribution in [0.2, 0.25) is 0 Å². The second-order valence-electron chi connectivity index (χ2n) is 4.25. The molecule has 0 atom stereocenters. The number of aryl methyl sites for hydroxylation is 1. The number of rotatable bonds is 7. The summed E-state index contributed by atoms with van der Waals surface area (Å²) in [5.74, 6) is 0.990. The first-order valence-corrected chi connectivity index (χ1v) is 6.07. The number of hydrogen-bond donors (Lipinski definition) is 1. The highest BCUT2D eigenvalue weighted by molar-refractivity contribution is 5.36. The third kappa shape index (κ3) is 5.12. The van der Waals surface area contributed by atoms with E-state index in [1.54, 1.807) is 0 Å². The molecule has 3 nitrogen and oxygen atoms in total. The molecule has 1 aromatic rings. The summed E-state index contributed by atoms with van der Waals surface area (Å²) in [6.07, 6.45) is 4.28. The largest absolute Gasteiger partial charge is 0.370 e. The minimum atomic E-state index is 0.990. The van der Waals surface area contributed by atoms with E-state index in [0.29, 0.717) is 0 Å². The van der Waals surface area contributed by atoms with Crippen LogP contribution in [0, 0.1) is 6.92 Å². The highest BCUT2D eigenvalue weighted by Crippen LogP contribution is 2.05. The van der Waals surface area contributed by atoms with E-state index in [2.05, 4.69) is 42.2 Å². The number of unbranched alkanes of at least 4 members (excludes halogenated alkanes) is 1. The Bertz CT molecular complexity index is 299. The molecule has 0 spiro atoms. The zero-order valence-electron chi connectivity index (χ0n) is 10.7. The molecule has 0 aliphatic carbocycles. The Kier molecular flexibility index (Phi) is 5.86. The van der Waals surface area contributed by atoms with Crippen LogP contribution in [0.4, 0.5) is 5.82 Å². The van der Waals surface area contributed by atoms with E-state index < -0.39 is 0 Å². The first-order chi connectivity index (χ1) is 7.72. The maximum absolute atomic E-state index is 4.27. The van der Waals surface area contributed by atoms with Gasteiger partial charge in [-0.15, -0.1) is 0 Å². The molecular weight excluding hydrogens is 198 g/mol. The normalized spacial score (nSPS) is 10.8. The van der Waals surface area contributed by atoms with Crippen molar-refractivity contribution in [3.8, 4) is 0 Å². The van der Waals surface area contributed by atoms with E-state index >= 15 is 0 Å². The molecule has 0 unspecified atom stereocenters. The highest BCUT2D eigenvalue weighted by Gasteiger charge is 1.95. The topological polar surface area (TPSA) is 28.2 Å². The van der Waals surface area contributed by atoms with E-state index in [-0.39, 0.29) is 0 Å². The predicted octanol–water partition coefficient (Wildman–Crippen LogP) is 2.53. The summed E-state index contributed by atoms with van der Waals surface area (Å²) in [5.41, 5.74) is 1.25. The molecule has 0 radical (unpaired) electrons. The van der Waals surface area contributed by atoms with Crippen LogP contribution in [-0.2, 0) is 0 Å². The third-order valence-corrected chi connectivity index (χ3v) is 2.73. The average Bonchev–Trinajstić information content (AvgIpc) is 2.28. The standard InChI is InChI=1S/C13H23N3/c1-4-16(3)10-6-5-8-14-13-11-12(2)7-9-15-13/h7,9,11H,4-6,8,10H2,1-3H3,(H,14,15). The molecule has 3 heteroatoms. The smallest absolute Gasteiger partial charge is 0.126 e.